The van der Waals surface area contributed by atoms with Gasteiger partial charge in [-0.05, 0) is 17.7 Å². The molecule has 0 bridgehead atoms. The molecule has 9 heteroatoms. The summed E-state index contributed by atoms with van der Waals surface area (Å²) in [5.41, 5.74) is 9.02. The van der Waals surface area contributed by atoms with Crippen LogP contribution in [0.5, 0.6) is 11.5 Å². The molecule has 1 amide bonds. The van der Waals surface area contributed by atoms with E-state index in [4.69, 9.17) is 15.0 Å². The van der Waals surface area contributed by atoms with E-state index in [1.807, 2.05) is 0 Å². The first-order valence-electron chi connectivity index (χ1n) is 6.32. The Bertz CT molecular complexity index is 656. The molecule has 1 aliphatic heterocycles. The van der Waals surface area contributed by atoms with Gasteiger partial charge in [0.25, 0.3) is 0 Å². The Morgan fingerprint density at radius 1 is 1.45 bits per heavy atom. The number of amides is 1. The first-order chi connectivity index (χ1) is 10.5. The maximum absolute atomic E-state index is 11.9. The van der Waals surface area contributed by atoms with Gasteiger partial charge in [0.2, 0.25) is 5.91 Å². The van der Waals surface area contributed by atoms with Gasteiger partial charge >= 0.3 is 5.97 Å². The first kappa shape index (κ1) is 15.5. The Hall–Kier alpha value is -2.93. The summed E-state index contributed by atoms with van der Waals surface area (Å²) in [5.74, 6) is -0.687. The van der Waals surface area contributed by atoms with E-state index >= 15 is 0 Å². The van der Waals surface area contributed by atoms with Gasteiger partial charge < -0.3 is 19.5 Å². The van der Waals surface area contributed by atoms with E-state index in [9.17, 15) is 14.7 Å². The molecule has 1 fully saturated rings. The summed E-state index contributed by atoms with van der Waals surface area (Å²) in [6.07, 6.45) is 0. The van der Waals surface area contributed by atoms with Crippen LogP contribution in [0, 0.1) is 0 Å². The molecule has 0 spiro atoms. The zero-order chi connectivity index (χ0) is 16.3. The normalized spacial score (nSPS) is 19.9. The highest BCUT2D eigenvalue weighted by Crippen LogP contribution is 2.31. The standard InChI is InChI=1S/C13H14N4O5/c1-21-8-4-3-7(9(5-8)22-2)6-17-11(13(19)20)10(12(17)18)15-16-14/h3-5,10-11H,6H2,1-2H3,(H,19,20). The Morgan fingerprint density at radius 2 is 2.18 bits per heavy atom. The molecule has 0 aromatic heterocycles. The average Bonchev–Trinajstić information content (AvgIpc) is 2.52. The van der Waals surface area contributed by atoms with E-state index in [0.717, 1.165) is 4.90 Å². The Labute approximate surface area is 125 Å². The van der Waals surface area contributed by atoms with Crippen molar-refractivity contribution in [2.75, 3.05) is 14.2 Å². The number of β-lactam (4-membered cyclic amide) rings is 1. The topological polar surface area (TPSA) is 125 Å². The maximum Gasteiger partial charge on any atom is 0.327 e. The molecule has 22 heavy (non-hydrogen) atoms. The van der Waals surface area contributed by atoms with E-state index < -0.39 is 24.0 Å². The van der Waals surface area contributed by atoms with Crippen molar-refractivity contribution >= 4 is 11.9 Å². The Morgan fingerprint density at radius 3 is 2.73 bits per heavy atom. The van der Waals surface area contributed by atoms with Crippen molar-refractivity contribution in [2.45, 2.75) is 18.6 Å². The molecule has 116 valence electrons. The molecule has 2 rings (SSSR count). The van der Waals surface area contributed by atoms with E-state index in [2.05, 4.69) is 10.0 Å². The number of methoxy groups -OCH3 is 2. The zero-order valence-corrected chi connectivity index (χ0v) is 12.0. The minimum atomic E-state index is -1.22. The third-order valence-corrected chi connectivity index (χ3v) is 3.43. The van der Waals surface area contributed by atoms with Crippen LogP contribution < -0.4 is 9.47 Å². The third kappa shape index (κ3) is 2.61. The number of carboxylic acids is 1. The second-order valence-electron chi connectivity index (χ2n) is 4.58. The zero-order valence-electron chi connectivity index (χ0n) is 12.0. The van der Waals surface area contributed by atoms with E-state index in [-0.39, 0.29) is 6.54 Å². The number of azide groups is 1. The van der Waals surface area contributed by atoms with E-state index in [1.165, 1.54) is 14.2 Å². The highest BCUT2D eigenvalue weighted by Gasteiger charge is 2.51. The maximum atomic E-state index is 11.9. The van der Waals surface area contributed by atoms with Crippen LogP contribution in [0.3, 0.4) is 0 Å². The van der Waals surface area contributed by atoms with Crippen LogP contribution >= 0.6 is 0 Å². The van der Waals surface area contributed by atoms with Crippen LogP contribution in [-0.2, 0) is 16.1 Å². The van der Waals surface area contributed by atoms with Crippen molar-refractivity contribution in [3.63, 3.8) is 0 Å². The van der Waals surface area contributed by atoms with Crippen molar-refractivity contribution in [3.8, 4) is 11.5 Å². The number of hydrogen-bond donors (Lipinski definition) is 1. The van der Waals surface area contributed by atoms with E-state index in [1.54, 1.807) is 18.2 Å². The lowest BCUT2D eigenvalue weighted by atomic mass is 9.94. The van der Waals surface area contributed by atoms with Crippen molar-refractivity contribution in [1.29, 1.82) is 0 Å². The number of ether oxygens (including phenoxy) is 2. The van der Waals surface area contributed by atoms with Gasteiger partial charge in [-0.2, -0.15) is 0 Å². The third-order valence-electron chi connectivity index (χ3n) is 3.43. The number of likely N-dealkylation sites (tertiary alicyclic amines) is 1. The SMILES string of the molecule is COc1ccc(CN2C(=O)C(N=[N+]=[N-])C2C(=O)O)c(OC)c1. The number of aliphatic carboxylic acids is 1. The molecule has 1 saturated heterocycles. The first-order valence-corrected chi connectivity index (χ1v) is 6.32. The minimum Gasteiger partial charge on any atom is -0.497 e. The summed E-state index contributed by atoms with van der Waals surface area (Å²) in [7, 11) is 2.98. The van der Waals surface area contributed by atoms with Crippen LogP contribution in [0.2, 0.25) is 0 Å². The monoisotopic (exact) mass is 306 g/mol. The van der Waals surface area contributed by atoms with Crippen molar-refractivity contribution in [1.82, 2.24) is 4.90 Å². The lowest BCUT2D eigenvalue weighted by molar-refractivity contribution is -0.165. The van der Waals surface area contributed by atoms with Gasteiger partial charge in [0.05, 0.1) is 20.8 Å². The number of carboxylic acid groups (broad SMARTS) is 1. The van der Waals surface area contributed by atoms with Gasteiger partial charge in [0, 0.05) is 16.5 Å². The fourth-order valence-electron chi connectivity index (χ4n) is 2.31. The smallest absolute Gasteiger partial charge is 0.327 e. The summed E-state index contributed by atoms with van der Waals surface area (Å²) >= 11 is 0. The summed E-state index contributed by atoms with van der Waals surface area (Å²) in [6.45, 7) is 0.0421. The highest BCUT2D eigenvalue weighted by atomic mass is 16.5. The molecule has 0 aliphatic carbocycles. The largest absolute Gasteiger partial charge is 0.497 e. The molecule has 9 nitrogen and oxygen atoms in total. The number of nitrogens with zero attached hydrogens (tertiary/aromatic N) is 4. The summed E-state index contributed by atoms with van der Waals surface area (Å²) < 4.78 is 10.3. The second-order valence-corrected chi connectivity index (χ2v) is 4.58. The van der Waals surface area contributed by atoms with Gasteiger partial charge in [-0.25, -0.2) is 4.79 Å². The molecule has 1 N–H and O–H groups in total. The minimum absolute atomic E-state index is 0.0421. The molecule has 0 saturated carbocycles. The number of hydrogen-bond acceptors (Lipinski definition) is 5. The lowest BCUT2D eigenvalue weighted by Crippen LogP contribution is -2.66. The molecule has 2 unspecified atom stereocenters. The van der Waals surface area contributed by atoms with Crippen LogP contribution in [-0.4, -0.2) is 48.2 Å². The number of carbonyl (C=O) groups excluding carboxylic acids is 1. The Balaban J connectivity index is 2.25. The molecule has 1 aromatic rings. The van der Waals surface area contributed by atoms with Crippen LogP contribution in [0.15, 0.2) is 23.3 Å². The second kappa shape index (κ2) is 6.23. The molecule has 1 aromatic carbocycles. The van der Waals surface area contributed by atoms with Gasteiger partial charge in [0.1, 0.15) is 23.6 Å². The Kier molecular flexibility index (Phi) is 4.38. The van der Waals surface area contributed by atoms with Gasteiger partial charge in [-0.3, -0.25) is 4.79 Å². The average molecular weight is 306 g/mol. The summed E-state index contributed by atoms with van der Waals surface area (Å²) in [5, 5.41) is 12.4. The molecule has 1 aliphatic rings. The molecular formula is C13H14N4O5. The number of carbonyl (C=O) groups is 2. The molecule has 0 radical (unpaired) electrons. The van der Waals surface area contributed by atoms with Gasteiger partial charge in [0.15, 0.2) is 0 Å². The van der Waals surface area contributed by atoms with Crippen molar-refractivity contribution < 1.29 is 24.2 Å². The van der Waals surface area contributed by atoms with Crippen LogP contribution in [0.4, 0.5) is 0 Å². The number of rotatable bonds is 6. The van der Waals surface area contributed by atoms with Gasteiger partial charge in [-0.15, -0.1) is 0 Å². The predicted molar refractivity (Wildman–Crippen MR) is 74.5 cm³/mol. The quantitative estimate of drug-likeness (QED) is 0.365. The van der Waals surface area contributed by atoms with Crippen LogP contribution in [0.1, 0.15) is 5.56 Å². The summed E-state index contributed by atoms with van der Waals surface area (Å²) in [4.78, 5) is 26.8. The van der Waals surface area contributed by atoms with E-state index in [0.29, 0.717) is 17.1 Å². The lowest BCUT2D eigenvalue weighted by Gasteiger charge is -2.42. The fourth-order valence-corrected chi connectivity index (χ4v) is 2.31. The van der Waals surface area contributed by atoms with Crippen molar-refractivity contribution in [2.24, 2.45) is 5.11 Å². The molecule has 2 atom stereocenters. The predicted octanol–water partition coefficient (Wildman–Crippen LogP) is 1.18. The van der Waals surface area contributed by atoms with Crippen molar-refractivity contribution in [3.05, 3.63) is 34.2 Å². The molecular weight excluding hydrogens is 292 g/mol. The molecule has 1 heterocycles. The highest BCUT2D eigenvalue weighted by molar-refractivity contribution is 5.99. The fraction of sp³-hybridized carbons (Fsp3) is 0.385. The van der Waals surface area contributed by atoms with Crippen LogP contribution in [0.25, 0.3) is 10.4 Å². The summed E-state index contributed by atoms with van der Waals surface area (Å²) in [6, 6.07) is 2.63. The number of benzene rings is 1. The van der Waals surface area contributed by atoms with Gasteiger partial charge in [-0.1, -0.05) is 5.11 Å².